The molecule has 0 unspecified atom stereocenters. The van der Waals surface area contributed by atoms with Crippen molar-refractivity contribution in [2.24, 2.45) is 11.7 Å². The molecule has 1 aromatic carbocycles. The van der Waals surface area contributed by atoms with Crippen molar-refractivity contribution >= 4 is 22.9 Å². The molecule has 18 heavy (non-hydrogen) atoms. The summed E-state index contributed by atoms with van der Waals surface area (Å²) in [6.07, 6.45) is 3.45. The first-order valence-corrected chi connectivity index (χ1v) is 6.75. The van der Waals surface area contributed by atoms with Crippen molar-refractivity contribution in [3.8, 4) is 0 Å². The van der Waals surface area contributed by atoms with E-state index in [2.05, 4.69) is 19.2 Å². The lowest BCUT2D eigenvalue weighted by Gasteiger charge is -2.12. The fourth-order valence-electron chi connectivity index (χ4n) is 1.82. The largest absolute Gasteiger partial charge is 0.389 e. The maximum absolute atomic E-state index is 13.6. The second kappa shape index (κ2) is 7.31. The molecule has 0 aromatic heterocycles. The average Bonchev–Trinajstić information content (AvgIpc) is 2.27. The molecule has 3 N–H and O–H groups in total. The second-order valence-electron chi connectivity index (χ2n) is 4.84. The van der Waals surface area contributed by atoms with Crippen LogP contribution in [-0.4, -0.2) is 11.5 Å². The molecule has 0 spiro atoms. The summed E-state index contributed by atoms with van der Waals surface area (Å²) >= 11 is 4.87. The minimum absolute atomic E-state index is 0.0952. The van der Waals surface area contributed by atoms with Crippen LogP contribution in [0.5, 0.6) is 0 Å². The van der Waals surface area contributed by atoms with Gasteiger partial charge in [0.05, 0.1) is 5.56 Å². The predicted molar refractivity (Wildman–Crippen MR) is 79.5 cm³/mol. The molecule has 0 bridgehead atoms. The molecular formula is C14H21FN2S. The summed E-state index contributed by atoms with van der Waals surface area (Å²) in [6.45, 7) is 5.24. The van der Waals surface area contributed by atoms with Gasteiger partial charge in [0.1, 0.15) is 10.8 Å². The van der Waals surface area contributed by atoms with Crippen molar-refractivity contribution < 1.29 is 4.39 Å². The van der Waals surface area contributed by atoms with Crippen LogP contribution in [0.25, 0.3) is 0 Å². The number of benzene rings is 1. The van der Waals surface area contributed by atoms with Gasteiger partial charge in [-0.2, -0.15) is 0 Å². The van der Waals surface area contributed by atoms with Crippen LogP contribution in [0.3, 0.4) is 0 Å². The smallest absolute Gasteiger partial charge is 0.135 e. The molecular weight excluding hydrogens is 247 g/mol. The van der Waals surface area contributed by atoms with Crippen LogP contribution in [0.15, 0.2) is 18.2 Å². The second-order valence-corrected chi connectivity index (χ2v) is 5.28. The van der Waals surface area contributed by atoms with Crippen molar-refractivity contribution in [3.05, 3.63) is 29.6 Å². The van der Waals surface area contributed by atoms with Crippen molar-refractivity contribution in [1.82, 2.24) is 0 Å². The van der Waals surface area contributed by atoms with Crippen LogP contribution in [0, 0.1) is 11.7 Å². The van der Waals surface area contributed by atoms with Crippen molar-refractivity contribution in [2.45, 2.75) is 33.1 Å². The highest BCUT2D eigenvalue weighted by molar-refractivity contribution is 7.80. The van der Waals surface area contributed by atoms with Crippen LogP contribution < -0.4 is 11.1 Å². The van der Waals surface area contributed by atoms with Gasteiger partial charge in [0.15, 0.2) is 0 Å². The van der Waals surface area contributed by atoms with E-state index in [1.807, 2.05) is 0 Å². The van der Waals surface area contributed by atoms with E-state index in [9.17, 15) is 4.39 Å². The summed E-state index contributed by atoms with van der Waals surface area (Å²) in [7, 11) is 0. The zero-order valence-corrected chi connectivity index (χ0v) is 11.8. The zero-order chi connectivity index (χ0) is 13.5. The number of nitrogens with one attached hydrogen (secondary N) is 1. The van der Waals surface area contributed by atoms with Gasteiger partial charge in [-0.25, -0.2) is 4.39 Å². The Morgan fingerprint density at radius 3 is 2.72 bits per heavy atom. The Bertz CT molecular complexity index is 405. The first kappa shape index (κ1) is 14.9. The standard InChI is InChI=1S/C14H21FN2S/c1-10(2)6-3-4-9-17-12-8-5-7-11(15)13(12)14(16)18/h5,7-8,10,17H,3-4,6,9H2,1-2H3,(H2,16,18). The molecule has 0 atom stereocenters. The van der Waals surface area contributed by atoms with Gasteiger partial charge >= 0.3 is 0 Å². The number of rotatable bonds is 7. The van der Waals surface area contributed by atoms with Gasteiger partial charge in [0.2, 0.25) is 0 Å². The highest BCUT2D eigenvalue weighted by Crippen LogP contribution is 2.19. The van der Waals surface area contributed by atoms with Crippen molar-refractivity contribution in [1.29, 1.82) is 0 Å². The minimum atomic E-state index is -0.366. The Kier molecular flexibility index (Phi) is 6.05. The minimum Gasteiger partial charge on any atom is -0.389 e. The molecule has 0 saturated carbocycles. The maximum Gasteiger partial charge on any atom is 0.135 e. The fourth-order valence-corrected chi connectivity index (χ4v) is 2.03. The van der Waals surface area contributed by atoms with Gasteiger partial charge in [-0.15, -0.1) is 0 Å². The quantitative estimate of drug-likeness (QED) is 0.585. The van der Waals surface area contributed by atoms with E-state index < -0.39 is 0 Å². The van der Waals surface area contributed by atoms with Crippen LogP contribution in [-0.2, 0) is 0 Å². The Morgan fingerprint density at radius 2 is 2.11 bits per heavy atom. The lowest BCUT2D eigenvalue weighted by Crippen LogP contribution is -2.15. The molecule has 0 radical (unpaired) electrons. The number of thiocarbonyl (C=S) groups is 1. The molecule has 4 heteroatoms. The number of halogens is 1. The SMILES string of the molecule is CC(C)CCCCNc1cccc(F)c1C(N)=S. The highest BCUT2D eigenvalue weighted by atomic mass is 32.1. The van der Waals surface area contributed by atoms with Crippen LogP contribution >= 0.6 is 12.2 Å². The molecule has 100 valence electrons. The molecule has 0 fully saturated rings. The number of anilines is 1. The molecule has 0 saturated heterocycles. The third-order valence-corrected chi connectivity index (χ3v) is 2.99. The third-order valence-electron chi connectivity index (χ3n) is 2.78. The first-order valence-electron chi connectivity index (χ1n) is 6.34. The van der Waals surface area contributed by atoms with E-state index in [-0.39, 0.29) is 10.8 Å². The fraction of sp³-hybridized carbons (Fsp3) is 0.500. The van der Waals surface area contributed by atoms with E-state index in [4.69, 9.17) is 18.0 Å². The molecule has 0 aliphatic heterocycles. The number of hydrogen-bond acceptors (Lipinski definition) is 2. The zero-order valence-electron chi connectivity index (χ0n) is 11.0. The molecule has 1 rings (SSSR count). The summed E-state index contributed by atoms with van der Waals surface area (Å²) in [5.74, 6) is 0.362. The normalized spacial score (nSPS) is 10.7. The molecule has 0 amide bonds. The lowest BCUT2D eigenvalue weighted by molar-refractivity contribution is 0.544. The van der Waals surface area contributed by atoms with Gasteiger partial charge in [-0.3, -0.25) is 0 Å². The van der Waals surface area contributed by atoms with E-state index in [1.54, 1.807) is 12.1 Å². The van der Waals surface area contributed by atoms with E-state index in [0.717, 1.165) is 18.9 Å². The first-order chi connectivity index (χ1) is 8.52. The van der Waals surface area contributed by atoms with Gasteiger partial charge in [-0.05, 0) is 24.5 Å². The number of hydrogen-bond donors (Lipinski definition) is 2. The average molecular weight is 268 g/mol. The summed E-state index contributed by atoms with van der Waals surface area (Å²) < 4.78 is 13.6. The summed E-state index contributed by atoms with van der Waals surface area (Å²) in [5.41, 5.74) is 6.54. The van der Waals surface area contributed by atoms with Crippen molar-refractivity contribution in [3.63, 3.8) is 0 Å². The van der Waals surface area contributed by atoms with E-state index in [0.29, 0.717) is 11.3 Å². The highest BCUT2D eigenvalue weighted by Gasteiger charge is 2.10. The van der Waals surface area contributed by atoms with E-state index in [1.165, 1.54) is 18.9 Å². The monoisotopic (exact) mass is 268 g/mol. The van der Waals surface area contributed by atoms with Gasteiger partial charge in [0, 0.05) is 12.2 Å². The number of nitrogens with two attached hydrogens (primary N) is 1. The molecule has 0 aliphatic rings. The Morgan fingerprint density at radius 1 is 1.39 bits per heavy atom. The summed E-state index contributed by atoms with van der Waals surface area (Å²) in [6, 6.07) is 4.84. The van der Waals surface area contributed by atoms with Crippen molar-refractivity contribution in [2.75, 3.05) is 11.9 Å². The summed E-state index contributed by atoms with van der Waals surface area (Å²) in [5, 5.41) is 3.20. The Labute approximate surface area is 114 Å². The molecule has 0 aliphatic carbocycles. The van der Waals surface area contributed by atoms with E-state index >= 15 is 0 Å². The van der Waals surface area contributed by atoms with Crippen LogP contribution in [0.1, 0.15) is 38.7 Å². The summed E-state index contributed by atoms with van der Waals surface area (Å²) in [4.78, 5) is 0.0952. The van der Waals surface area contributed by atoms with Crippen LogP contribution in [0.2, 0.25) is 0 Å². The van der Waals surface area contributed by atoms with Gasteiger partial charge in [-0.1, -0.05) is 45.0 Å². The topological polar surface area (TPSA) is 38.0 Å². The molecule has 0 heterocycles. The maximum atomic E-state index is 13.6. The third kappa shape index (κ3) is 4.61. The van der Waals surface area contributed by atoms with Gasteiger partial charge in [0.25, 0.3) is 0 Å². The molecule has 1 aromatic rings. The Balaban J connectivity index is 2.52. The van der Waals surface area contributed by atoms with Crippen LogP contribution in [0.4, 0.5) is 10.1 Å². The number of unbranched alkanes of at least 4 members (excludes halogenated alkanes) is 1. The van der Waals surface area contributed by atoms with Gasteiger partial charge < -0.3 is 11.1 Å². The Hall–Kier alpha value is -1.16. The molecule has 2 nitrogen and oxygen atoms in total. The lowest BCUT2D eigenvalue weighted by atomic mass is 10.1. The predicted octanol–water partition coefficient (Wildman–Crippen LogP) is 3.70.